The highest BCUT2D eigenvalue weighted by atomic mass is 14.9. The standard InChI is InChI=1S/C15H14N2/c1-2-10-17-15(13-6-4-3-5-7-13)14-8-11-16-12-9-14/h1,3-9,11-12,15,17H,10H2. The lowest BCUT2D eigenvalue weighted by Gasteiger charge is -2.18. The van der Waals surface area contributed by atoms with Crippen molar-refractivity contribution >= 4 is 0 Å². The number of nitrogens with zero attached hydrogens (tertiary/aromatic N) is 1. The van der Waals surface area contributed by atoms with Crippen molar-refractivity contribution in [3.63, 3.8) is 0 Å². The lowest BCUT2D eigenvalue weighted by Crippen LogP contribution is -2.22. The molecule has 0 spiro atoms. The predicted octanol–water partition coefficient (Wildman–Crippen LogP) is 2.39. The molecule has 1 heterocycles. The van der Waals surface area contributed by atoms with Gasteiger partial charge in [-0.25, -0.2) is 0 Å². The third-order valence-electron chi connectivity index (χ3n) is 2.58. The lowest BCUT2D eigenvalue weighted by molar-refractivity contribution is 0.658. The molecule has 0 aliphatic carbocycles. The van der Waals surface area contributed by atoms with Crippen LogP contribution in [0.15, 0.2) is 54.9 Å². The Morgan fingerprint density at radius 3 is 2.35 bits per heavy atom. The summed E-state index contributed by atoms with van der Waals surface area (Å²) in [5.41, 5.74) is 2.37. The average molecular weight is 222 g/mol. The van der Waals surface area contributed by atoms with E-state index in [2.05, 4.69) is 28.4 Å². The molecule has 0 aliphatic heterocycles. The van der Waals surface area contributed by atoms with Gasteiger partial charge in [-0.15, -0.1) is 6.42 Å². The number of hydrogen-bond acceptors (Lipinski definition) is 2. The molecule has 2 heteroatoms. The Bertz CT molecular complexity index is 446. The molecular formula is C15H14N2. The van der Waals surface area contributed by atoms with Gasteiger partial charge in [0.15, 0.2) is 0 Å². The fourth-order valence-electron chi connectivity index (χ4n) is 1.79. The van der Waals surface area contributed by atoms with Crippen LogP contribution in [0.5, 0.6) is 0 Å². The van der Waals surface area contributed by atoms with Gasteiger partial charge in [-0.2, -0.15) is 0 Å². The van der Waals surface area contributed by atoms with Crippen molar-refractivity contribution in [1.29, 1.82) is 0 Å². The molecule has 1 atom stereocenters. The number of aromatic nitrogens is 1. The highest BCUT2D eigenvalue weighted by Gasteiger charge is 2.11. The van der Waals surface area contributed by atoms with Crippen molar-refractivity contribution in [3.8, 4) is 12.3 Å². The van der Waals surface area contributed by atoms with E-state index in [1.165, 1.54) is 11.1 Å². The molecule has 1 N–H and O–H groups in total. The van der Waals surface area contributed by atoms with E-state index in [-0.39, 0.29) is 6.04 Å². The number of rotatable bonds is 4. The minimum atomic E-state index is 0.121. The Labute approximate surface area is 102 Å². The second-order valence-corrected chi connectivity index (χ2v) is 3.71. The zero-order chi connectivity index (χ0) is 11.9. The first kappa shape index (κ1) is 11.4. The van der Waals surface area contributed by atoms with Gasteiger partial charge >= 0.3 is 0 Å². The van der Waals surface area contributed by atoms with Gasteiger partial charge in [0.2, 0.25) is 0 Å². The minimum absolute atomic E-state index is 0.121. The van der Waals surface area contributed by atoms with Crippen molar-refractivity contribution in [2.45, 2.75) is 6.04 Å². The summed E-state index contributed by atoms with van der Waals surface area (Å²) in [5, 5.41) is 3.34. The highest BCUT2D eigenvalue weighted by Crippen LogP contribution is 2.20. The summed E-state index contributed by atoms with van der Waals surface area (Å²) in [5.74, 6) is 2.61. The average Bonchev–Trinajstić information content (AvgIpc) is 2.42. The zero-order valence-corrected chi connectivity index (χ0v) is 9.51. The molecule has 0 saturated carbocycles. The van der Waals surface area contributed by atoms with Crippen molar-refractivity contribution in [2.75, 3.05) is 6.54 Å². The van der Waals surface area contributed by atoms with Crippen molar-refractivity contribution in [2.24, 2.45) is 0 Å². The number of hydrogen-bond donors (Lipinski definition) is 1. The number of pyridine rings is 1. The van der Waals surface area contributed by atoms with Crippen LogP contribution in [-0.2, 0) is 0 Å². The summed E-state index contributed by atoms with van der Waals surface area (Å²) < 4.78 is 0. The molecule has 0 fully saturated rings. The Balaban J connectivity index is 2.30. The smallest absolute Gasteiger partial charge is 0.0585 e. The first-order chi connectivity index (χ1) is 8.42. The lowest BCUT2D eigenvalue weighted by atomic mass is 10.00. The predicted molar refractivity (Wildman–Crippen MR) is 69.4 cm³/mol. The van der Waals surface area contributed by atoms with Crippen molar-refractivity contribution in [1.82, 2.24) is 10.3 Å². The van der Waals surface area contributed by atoms with Crippen LogP contribution in [0, 0.1) is 12.3 Å². The molecule has 84 valence electrons. The Hall–Kier alpha value is -2.11. The first-order valence-corrected chi connectivity index (χ1v) is 5.53. The second kappa shape index (κ2) is 5.83. The molecule has 0 saturated heterocycles. The summed E-state index contributed by atoms with van der Waals surface area (Å²) >= 11 is 0. The molecule has 2 aromatic rings. The molecule has 1 unspecified atom stereocenters. The van der Waals surface area contributed by atoms with Crippen molar-refractivity contribution < 1.29 is 0 Å². The summed E-state index contributed by atoms with van der Waals surface area (Å²) in [6.45, 7) is 0.544. The van der Waals surface area contributed by atoms with E-state index in [9.17, 15) is 0 Å². The topological polar surface area (TPSA) is 24.9 Å². The third-order valence-corrected chi connectivity index (χ3v) is 2.58. The van der Waals surface area contributed by atoms with Gasteiger partial charge in [0.1, 0.15) is 0 Å². The van der Waals surface area contributed by atoms with Crippen molar-refractivity contribution in [3.05, 3.63) is 66.0 Å². The SMILES string of the molecule is C#CCNC(c1ccccc1)c1ccncc1. The fraction of sp³-hybridized carbons (Fsp3) is 0.133. The van der Waals surface area contributed by atoms with E-state index in [4.69, 9.17) is 6.42 Å². The molecule has 2 nitrogen and oxygen atoms in total. The quantitative estimate of drug-likeness (QED) is 0.803. The van der Waals surface area contributed by atoms with Gasteiger partial charge in [-0.3, -0.25) is 10.3 Å². The second-order valence-electron chi connectivity index (χ2n) is 3.71. The van der Waals surface area contributed by atoms with Gasteiger partial charge in [0, 0.05) is 12.4 Å². The van der Waals surface area contributed by atoms with Crippen LogP contribution < -0.4 is 5.32 Å². The highest BCUT2D eigenvalue weighted by molar-refractivity contribution is 5.30. The van der Waals surface area contributed by atoms with Gasteiger partial charge in [-0.05, 0) is 23.3 Å². The maximum absolute atomic E-state index is 5.31. The van der Waals surface area contributed by atoms with Crippen LogP contribution in [-0.4, -0.2) is 11.5 Å². The molecule has 17 heavy (non-hydrogen) atoms. The number of benzene rings is 1. The molecule has 0 radical (unpaired) electrons. The van der Waals surface area contributed by atoms with Crippen LogP contribution in [0.3, 0.4) is 0 Å². The van der Waals surface area contributed by atoms with E-state index in [1.54, 1.807) is 12.4 Å². The van der Waals surface area contributed by atoms with Gasteiger partial charge in [0.05, 0.1) is 12.6 Å². The summed E-state index contributed by atoms with van der Waals surface area (Å²) in [6, 6.07) is 14.4. The monoisotopic (exact) mass is 222 g/mol. The number of nitrogens with one attached hydrogen (secondary N) is 1. The fourth-order valence-corrected chi connectivity index (χ4v) is 1.79. The van der Waals surface area contributed by atoms with Crippen LogP contribution in [0.4, 0.5) is 0 Å². The van der Waals surface area contributed by atoms with Crippen LogP contribution in [0.1, 0.15) is 17.2 Å². The van der Waals surface area contributed by atoms with Gasteiger partial charge < -0.3 is 0 Å². The van der Waals surface area contributed by atoms with E-state index in [1.807, 2.05) is 30.3 Å². The van der Waals surface area contributed by atoms with E-state index in [0.717, 1.165) is 0 Å². The molecule has 2 rings (SSSR count). The van der Waals surface area contributed by atoms with Gasteiger partial charge in [-0.1, -0.05) is 36.3 Å². The van der Waals surface area contributed by atoms with E-state index < -0.39 is 0 Å². The Morgan fingerprint density at radius 1 is 1.06 bits per heavy atom. The summed E-state index contributed by atoms with van der Waals surface area (Å²) in [7, 11) is 0. The first-order valence-electron chi connectivity index (χ1n) is 5.53. The molecule has 1 aromatic heterocycles. The normalized spacial score (nSPS) is 11.7. The molecule has 1 aromatic carbocycles. The Kier molecular flexibility index (Phi) is 3.90. The molecular weight excluding hydrogens is 208 g/mol. The number of terminal acetylenes is 1. The van der Waals surface area contributed by atoms with Crippen LogP contribution >= 0.6 is 0 Å². The maximum Gasteiger partial charge on any atom is 0.0585 e. The van der Waals surface area contributed by atoms with Gasteiger partial charge in [0.25, 0.3) is 0 Å². The molecule has 0 bridgehead atoms. The largest absolute Gasteiger partial charge is 0.295 e. The van der Waals surface area contributed by atoms with E-state index >= 15 is 0 Å². The zero-order valence-electron chi connectivity index (χ0n) is 9.51. The van der Waals surface area contributed by atoms with Crippen LogP contribution in [0.25, 0.3) is 0 Å². The molecule has 0 aliphatic rings. The minimum Gasteiger partial charge on any atom is -0.295 e. The third kappa shape index (κ3) is 2.93. The Morgan fingerprint density at radius 2 is 1.71 bits per heavy atom. The summed E-state index contributed by atoms with van der Waals surface area (Å²) in [6.07, 6.45) is 8.90. The summed E-state index contributed by atoms with van der Waals surface area (Å²) in [4.78, 5) is 4.03. The van der Waals surface area contributed by atoms with E-state index in [0.29, 0.717) is 6.54 Å². The molecule has 0 amide bonds. The van der Waals surface area contributed by atoms with Crippen LogP contribution in [0.2, 0.25) is 0 Å². The maximum atomic E-state index is 5.31.